The Morgan fingerprint density at radius 1 is 1.55 bits per heavy atom. The SMILES string of the molecule is NC(=O)c1ccnc(O)c1O. The Kier molecular flexibility index (Phi) is 1.63. The summed E-state index contributed by atoms with van der Waals surface area (Å²) in [5, 5.41) is 17.7. The Morgan fingerprint density at radius 2 is 2.18 bits per heavy atom. The van der Waals surface area contributed by atoms with Gasteiger partial charge in [-0.25, -0.2) is 4.98 Å². The van der Waals surface area contributed by atoms with E-state index in [0.29, 0.717) is 0 Å². The van der Waals surface area contributed by atoms with Crippen molar-refractivity contribution in [1.82, 2.24) is 4.98 Å². The standard InChI is InChI=1S/C6H6N2O3/c7-5(10)3-1-2-8-6(11)4(3)9/h1-2,9H,(H2,7,10)(H,8,11). The summed E-state index contributed by atoms with van der Waals surface area (Å²) in [7, 11) is 0. The molecule has 1 rings (SSSR count). The van der Waals surface area contributed by atoms with Crippen LogP contribution in [-0.2, 0) is 0 Å². The number of carbonyl (C=O) groups excluding carboxylic acids is 1. The van der Waals surface area contributed by atoms with Crippen LogP contribution in [0.2, 0.25) is 0 Å². The van der Waals surface area contributed by atoms with Gasteiger partial charge in [0.05, 0.1) is 5.56 Å². The number of hydrogen-bond acceptors (Lipinski definition) is 4. The topological polar surface area (TPSA) is 96.4 Å². The predicted octanol–water partition coefficient (Wildman–Crippen LogP) is -0.408. The van der Waals surface area contributed by atoms with Gasteiger partial charge >= 0.3 is 0 Å². The van der Waals surface area contributed by atoms with Gasteiger partial charge in [0, 0.05) is 6.20 Å². The Morgan fingerprint density at radius 3 is 2.64 bits per heavy atom. The number of aromatic nitrogens is 1. The maximum absolute atomic E-state index is 10.5. The van der Waals surface area contributed by atoms with E-state index in [1.165, 1.54) is 12.3 Å². The minimum absolute atomic E-state index is 0.141. The van der Waals surface area contributed by atoms with Crippen LogP contribution in [0.1, 0.15) is 10.4 Å². The molecule has 0 aromatic carbocycles. The summed E-state index contributed by atoms with van der Waals surface area (Å²) in [5.74, 6) is -1.98. The van der Waals surface area contributed by atoms with E-state index < -0.39 is 17.5 Å². The van der Waals surface area contributed by atoms with Crippen molar-refractivity contribution in [3.8, 4) is 11.6 Å². The summed E-state index contributed by atoms with van der Waals surface area (Å²) in [5.41, 5.74) is 4.70. The fourth-order valence-electron chi connectivity index (χ4n) is 0.642. The number of nitrogens with zero attached hydrogens (tertiary/aromatic N) is 1. The third-order valence-corrected chi connectivity index (χ3v) is 1.17. The van der Waals surface area contributed by atoms with E-state index in [-0.39, 0.29) is 5.56 Å². The Labute approximate surface area is 62.1 Å². The van der Waals surface area contributed by atoms with Crippen molar-refractivity contribution in [2.45, 2.75) is 0 Å². The van der Waals surface area contributed by atoms with Gasteiger partial charge < -0.3 is 15.9 Å². The lowest BCUT2D eigenvalue weighted by Crippen LogP contribution is -2.11. The van der Waals surface area contributed by atoms with Crippen LogP contribution in [0, 0.1) is 0 Å². The van der Waals surface area contributed by atoms with E-state index in [0.717, 1.165) is 0 Å². The lowest BCUT2D eigenvalue weighted by atomic mass is 10.2. The first-order valence-electron chi connectivity index (χ1n) is 2.79. The van der Waals surface area contributed by atoms with Gasteiger partial charge in [-0.05, 0) is 6.07 Å². The Bertz CT molecular complexity index is 298. The summed E-state index contributed by atoms with van der Waals surface area (Å²) in [6.45, 7) is 0. The lowest BCUT2D eigenvalue weighted by Gasteiger charge is -1.99. The second-order valence-corrected chi connectivity index (χ2v) is 1.89. The number of hydrogen-bond donors (Lipinski definition) is 3. The quantitative estimate of drug-likeness (QED) is 0.512. The normalized spacial score (nSPS) is 9.45. The zero-order chi connectivity index (χ0) is 8.43. The molecule has 0 aliphatic rings. The maximum atomic E-state index is 10.5. The number of amides is 1. The molecule has 0 saturated carbocycles. The maximum Gasteiger partial charge on any atom is 0.255 e. The van der Waals surface area contributed by atoms with Crippen LogP contribution in [-0.4, -0.2) is 21.1 Å². The molecule has 0 aliphatic heterocycles. The summed E-state index contributed by atoms with van der Waals surface area (Å²) in [6, 6.07) is 1.22. The van der Waals surface area contributed by atoms with Gasteiger partial charge in [0.1, 0.15) is 0 Å². The van der Waals surface area contributed by atoms with E-state index in [2.05, 4.69) is 4.98 Å². The lowest BCUT2D eigenvalue weighted by molar-refractivity contribution is 0.0997. The molecule has 0 bridgehead atoms. The smallest absolute Gasteiger partial charge is 0.255 e. The zero-order valence-corrected chi connectivity index (χ0v) is 5.48. The van der Waals surface area contributed by atoms with Gasteiger partial charge in [0.2, 0.25) is 0 Å². The average Bonchev–Trinajstić information content (AvgIpc) is 1.94. The van der Waals surface area contributed by atoms with Gasteiger partial charge in [0.25, 0.3) is 11.8 Å². The van der Waals surface area contributed by atoms with Crippen molar-refractivity contribution in [2.24, 2.45) is 5.73 Å². The number of nitrogens with two attached hydrogens (primary N) is 1. The largest absolute Gasteiger partial charge is 0.503 e. The summed E-state index contributed by atoms with van der Waals surface area (Å²) >= 11 is 0. The molecule has 4 N–H and O–H groups in total. The molecule has 58 valence electrons. The molecule has 0 saturated heterocycles. The average molecular weight is 154 g/mol. The minimum Gasteiger partial charge on any atom is -0.503 e. The molecule has 0 atom stereocenters. The number of carbonyl (C=O) groups is 1. The molecule has 1 amide bonds. The van der Waals surface area contributed by atoms with E-state index >= 15 is 0 Å². The molecule has 0 radical (unpaired) electrons. The van der Waals surface area contributed by atoms with Crippen LogP contribution >= 0.6 is 0 Å². The molecule has 0 spiro atoms. The molecular formula is C6H6N2O3. The highest BCUT2D eigenvalue weighted by molar-refractivity contribution is 5.95. The molecule has 0 aliphatic carbocycles. The van der Waals surface area contributed by atoms with Crippen LogP contribution in [0.3, 0.4) is 0 Å². The van der Waals surface area contributed by atoms with E-state index in [9.17, 15) is 4.79 Å². The highest BCUT2D eigenvalue weighted by atomic mass is 16.3. The molecular weight excluding hydrogens is 148 g/mol. The Hall–Kier alpha value is -1.78. The van der Waals surface area contributed by atoms with E-state index in [4.69, 9.17) is 15.9 Å². The molecule has 1 heterocycles. The fraction of sp³-hybridized carbons (Fsp3) is 0. The molecule has 0 unspecified atom stereocenters. The molecule has 1 aromatic rings. The van der Waals surface area contributed by atoms with Crippen molar-refractivity contribution in [1.29, 1.82) is 0 Å². The van der Waals surface area contributed by atoms with Gasteiger partial charge in [0.15, 0.2) is 5.75 Å². The van der Waals surface area contributed by atoms with Crippen molar-refractivity contribution in [2.75, 3.05) is 0 Å². The predicted molar refractivity (Wildman–Crippen MR) is 36.1 cm³/mol. The van der Waals surface area contributed by atoms with E-state index in [1.54, 1.807) is 0 Å². The number of aromatic hydroxyl groups is 2. The van der Waals surface area contributed by atoms with Crippen molar-refractivity contribution in [3.05, 3.63) is 17.8 Å². The summed E-state index contributed by atoms with van der Waals surface area (Å²) < 4.78 is 0. The summed E-state index contributed by atoms with van der Waals surface area (Å²) in [4.78, 5) is 13.8. The number of primary amides is 1. The molecule has 0 fully saturated rings. The van der Waals surface area contributed by atoms with Crippen LogP contribution in [0.4, 0.5) is 0 Å². The molecule has 5 heteroatoms. The molecule has 11 heavy (non-hydrogen) atoms. The second kappa shape index (κ2) is 2.45. The summed E-state index contributed by atoms with van der Waals surface area (Å²) in [6.07, 6.45) is 1.18. The highest BCUT2D eigenvalue weighted by Crippen LogP contribution is 2.24. The first-order valence-corrected chi connectivity index (χ1v) is 2.79. The van der Waals surface area contributed by atoms with Crippen molar-refractivity contribution in [3.63, 3.8) is 0 Å². The van der Waals surface area contributed by atoms with Gasteiger partial charge in [-0.15, -0.1) is 0 Å². The number of pyridine rings is 1. The zero-order valence-electron chi connectivity index (χ0n) is 5.48. The van der Waals surface area contributed by atoms with Crippen molar-refractivity contribution >= 4 is 5.91 Å². The van der Waals surface area contributed by atoms with Crippen LogP contribution in [0.15, 0.2) is 12.3 Å². The minimum atomic E-state index is -0.805. The van der Waals surface area contributed by atoms with Gasteiger partial charge in [-0.1, -0.05) is 0 Å². The third-order valence-electron chi connectivity index (χ3n) is 1.17. The van der Waals surface area contributed by atoms with E-state index in [1.807, 2.05) is 0 Å². The number of rotatable bonds is 1. The molecule has 5 nitrogen and oxygen atoms in total. The van der Waals surface area contributed by atoms with Crippen LogP contribution < -0.4 is 5.73 Å². The highest BCUT2D eigenvalue weighted by Gasteiger charge is 2.10. The van der Waals surface area contributed by atoms with Gasteiger partial charge in [-0.2, -0.15) is 0 Å². The Balaban J connectivity index is 3.27. The monoisotopic (exact) mass is 154 g/mol. The first-order chi connectivity index (χ1) is 5.13. The molecule has 1 aromatic heterocycles. The van der Waals surface area contributed by atoms with Gasteiger partial charge in [-0.3, -0.25) is 4.79 Å². The first kappa shape index (κ1) is 7.33. The fourth-order valence-corrected chi connectivity index (χ4v) is 0.642. The second-order valence-electron chi connectivity index (χ2n) is 1.89. The van der Waals surface area contributed by atoms with Crippen molar-refractivity contribution < 1.29 is 15.0 Å². The van der Waals surface area contributed by atoms with Crippen LogP contribution in [0.25, 0.3) is 0 Å². The third kappa shape index (κ3) is 1.21. The van der Waals surface area contributed by atoms with Crippen LogP contribution in [0.5, 0.6) is 11.6 Å².